The lowest BCUT2D eigenvalue weighted by molar-refractivity contribution is -0.144. The number of esters is 1. The van der Waals surface area contributed by atoms with Crippen molar-refractivity contribution in [3.05, 3.63) is 34.3 Å². The molecule has 1 N–H and O–H groups in total. The minimum absolute atomic E-state index is 0.186. The fraction of sp³-hybridized carbons (Fsp3) is 0.429. The maximum Gasteiger partial charge on any atom is 0.328 e. The van der Waals surface area contributed by atoms with Gasteiger partial charge in [0.1, 0.15) is 6.04 Å². The van der Waals surface area contributed by atoms with Gasteiger partial charge in [0.2, 0.25) is 5.91 Å². The predicted molar refractivity (Wildman–Crippen MR) is 74.1 cm³/mol. The van der Waals surface area contributed by atoms with Gasteiger partial charge < -0.3 is 10.1 Å². The first-order valence-electron chi connectivity index (χ1n) is 6.06. The molecular formula is C14H18ClNO3. The number of aryl methyl sites for hydroxylation is 2. The third kappa shape index (κ3) is 4.91. The van der Waals surface area contributed by atoms with E-state index in [1.807, 2.05) is 25.1 Å². The molecule has 1 aromatic carbocycles. The van der Waals surface area contributed by atoms with Crippen LogP contribution in [0.25, 0.3) is 0 Å². The number of benzene rings is 1. The summed E-state index contributed by atoms with van der Waals surface area (Å²) in [5.41, 5.74) is 2.01. The van der Waals surface area contributed by atoms with Gasteiger partial charge in [-0.15, -0.1) is 0 Å². The highest BCUT2D eigenvalue weighted by Crippen LogP contribution is 2.17. The smallest absolute Gasteiger partial charge is 0.328 e. The van der Waals surface area contributed by atoms with Gasteiger partial charge in [-0.25, -0.2) is 4.79 Å². The molecule has 0 aliphatic carbocycles. The van der Waals surface area contributed by atoms with Gasteiger partial charge in [0.05, 0.1) is 7.11 Å². The predicted octanol–water partition coefficient (Wildman–Crippen LogP) is 2.26. The average molecular weight is 284 g/mol. The van der Waals surface area contributed by atoms with Crippen molar-refractivity contribution in [2.45, 2.75) is 32.7 Å². The summed E-state index contributed by atoms with van der Waals surface area (Å²) in [6.45, 7) is 3.52. The van der Waals surface area contributed by atoms with E-state index in [1.54, 1.807) is 6.92 Å². The summed E-state index contributed by atoms with van der Waals surface area (Å²) in [6.07, 6.45) is 0.889. The Hall–Kier alpha value is -1.55. The first-order valence-corrected chi connectivity index (χ1v) is 6.44. The molecule has 1 atom stereocenters. The summed E-state index contributed by atoms with van der Waals surface area (Å²) in [4.78, 5) is 22.8. The lowest BCUT2D eigenvalue weighted by atomic mass is 10.1. The molecule has 0 aromatic heterocycles. The molecule has 5 heteroatoms. The number of carbonyl (C=O) groups excluding carboxylic acids is 2. The number of rotatable bonds is 5. The molecule has 0 radical (unpaired) electrons. The highest BCUT2D eigenvalue weighted by molar-refractivity contribution is 6.31. The Morgan fingerprint density at radius 2 is 2.11 bits per heavy atom. The van der Waals surface area contributed by atoms with E-state index < -0.39 is 12.0 Å². The summed E-state index contributed by atoms with van der Waals surface area (Å²) in [5, 5.41) is 3.28. The third-order valence-corrected chi connectivity index (χ3v) is 3.22. The quantitative estimate of drug-likeness (QED) is 0.844. The molecule has 0 saturated carbocycles. The fourth-order valence-corrected chi connectivity index (χ4v) is 1.80. The van der Waals surface area contributed by atoms with E-state index in [-0.39, 0.29) is 5.91 Å². The molecule has 0 saturated heterocycles. The molecule has 0 heterocycles. The van der Waals surface area contributed by atoms with E-state index in [0.29, 0.717) is 17.9 Å². The van der Waals surface area contributed by atoms with Crippen molar-refractivity contribution >= 4 is 23.5 Å². The first-order chi connectivity index (χ1) is 8.93. The van der Waals surface area contributed by atoms with Crippen LogP contribution in [0.4, 0.5) is 0 Å². The normalized spacial score (nSPS) is 11.8. The van der Waals surface area contributed by atoms with Gasteiger partial charge in [-0.1, -0.05) is 23.7 Å². The van der Waals surface area contributed by atoms with Crippen LogP contribution >= 0.6 is 11.6 Å². The van der Waals surface area contributed by atoms with Gasteiger partial charge in [0.25, 0.3) is 0 Å². The van der Waals surface area contributed by atoms with Gasteiger partial charge in [-0.05, 0) is 37.5 Å². The van der Waals surface area contributed by atoms with E-state index >= 15 is 0 Å². The van der Waals surface area contributed by atoms with Crippen molar-refractivity contribution in [1.29, 1.82) is 0 Å². The Morgan fingerprint density at radius 1 is 1.42 bits per heavy atom. The van der Waals surface area contributed by atoms with E-state index in [0.717, 1.165) is 11.1 Å². The topological polar surface area (TPSA) is 55.4 Å². The standard InChI is InChI=1S/C14H18ClNO3/c1-9-4-5-11(8-12(9)15)6-7-13(17)16-10(2)14(18)19-3/h4-5,8,10H,6-7H2,1-3H3,(H,16,17)/t10-/m0/s1. The van der Waals surface area contributed by atoms with Crippen molar-refractivity contribution < 1.29 is 14.3 Å². The minimum Gasteiger partial charge on any atom is -0.467 e. The number of hydrogen-bond donors (Lipinski definition) is 1. The second-order valence-corrected chi connectivity index (χ2v) is 4.80. The fourth-order valence-electron chi connectivity index (χ4n) is 1.60. The van der Waals surface area contributed by atoms with Crippen LogP contribution in [0.5, 0.6) is 0 Å². The van der Waals surface area contributed by atoms with Crippen LogP contribution in [0.15, 0.2) is 18.2 Å². The molecule has 1 aromatic rings. The molecule has 0 fully saturated rings. The van der Waals surface area contributed by atoms with Crippen molar-refractivity contribution in [2.24, 2.45) is 0 Å². The molecule has 0 unspecified atom stereocenters. The molecule has 19 heavy (non-hydrogen) atoms. The van der Waals surface area contributed by atoms with Crippen molar-refractivity contribution in [3.63, 3.8) is 0 Å². The number of halogens is 1. The molecule has 104 valence electrons. The number of ether oxygens (including phenoxy) is 1. The maximum atomic E-state index is 11.6. The van der Waals surface area contributed by atoms with E-state index in [2.05, 4.69) is 10.1 Å². The molecule has 1 rings (SSSR count). The van der Waals surface area contributed by atoms with Crippen LogP contribution in [-0.2, 0) is 20.7 Å². The Balaban J connectivity index is 2.46. The Morgan fingerprint density at radius 3 is 2.68 bits per heavy atom. The maximum absolute atomic E-state index is 11.6. The molecule has 0 aliphatic rings. The van der Waals surface area contributed by atoms with Crippen LogP contribution < -0.4 is 5.32 Å². The lowest BCUT2D eigenvalue weighted by Crippen LogP contribution is -2.39. The summed E-state index contributed by atoms with van der Waals surface area (Å²) in [7, 11) is 1.29. The summed E-state index contributed by atoms with van der Waals surface area (Å²) >= 11 is 6.01. The van der Waals surface area contributed by atoms with Crippen LogP contribution in [0, 0.1) is 6.92 Å². The highest BCUT2D eigenvalue weighted by atomic mass is 35.5. The van der Waals surface area contributed by atoms with Crippen molar-refractivity contribution in [2.75, 3.05) is 7.11 Å². The monoisotopic (exact) mass is 283 g/mol. The van der Waals surface area contributed by atoms with Gasteiger partial charge in [0.15, 0.2) is 0 Å². The Labute approximate surface area is 118 Å². The molecule has 0 aliphatic heterocycles. The second-order valence-electron chi connectivity index (χ2n) is 4.40. The zero-order chi connectivity index (χ0) is 14.4. The molecule has 1 amide bonds. The minimum atomic E-state index is -0.626. The zero-order valence-corrected chi connectivity index (χ0v) is 12.1. The van der Waals surface area contributed by atoms with Crippen LogP contribution in [-0.4, -0.2) is 25.0 Å². The van der Waals surface area contributed by atoms with E-state index in [9.17, 15) is 9.59 Å². The molecule has 0 bridgehead atoms. The van der Waals surface area contributed by atoms with Gasteiger partial charge in [-0.2, -0.15) is 0 Å². The average Bonchev–Trinajstić information content (AvgIpc) is 2.39. The largest absolute Gasteiger partial charge is 0.467 e. The first kappa shape index (κ1) is 15.5. The number of carbonyl (C=O) groups is 2. The summed E-state index contributed by atoms with van der Waals surface area (Å²) < 4.78 is 4.53. The van der Waals surface area contributed by atoms with Crippen LogP contribution in [0.2, 0.25) is 5.02 Å². The lowest BCUT2D eigenvalue weighted by Gasteiger charge is -2.11. The second kappa shape index (κ2) is 7.14. The Kier molecular flexibility index (Phi) is 5.83. The molecular weight excluding hydrogens is 266 g/mol. The van der Waals surface area contributed by atoms with Crippen molar-refractivity contribution in [1.82, 2.24) is 5.32 Å². The van der Waals surface area contributed by atoms with Gasteiger partial charge in [0, 0.05) is 11.4 Å². The molecule has 0 spiro atoms. The van der Waals surface area contributed by atoms with Crippen LogP contribution in [0.3, 0.4) is 0 Å². The number of hydrogen-bond acceptors (Lipinski definition) is 3. The van der Waals surface area contributed by atoms with E-state index in [4.69, 9.17) is 11.6 Å². The molecule has 4 nitrogen and oxygen atoms in total. The highest BCUT2D eigenvalue weighted by Gasteiger charge is 2.15. The third-order valence-electron chi connectivity index (χ3n) is 2.81. The zero-order valence-electron chi connectivity index (χ0n) is 11.3. The number of amides is 1. The van der Waals surface area contributed by atoms with E-state index in [1.165, 1.54) is 7.11 Å². The number of nitrogens with one attached hydrogen (secondary N) is 1. The summed E-state index contributed by atoms with van der Waals surface area (Å²) in [6, 6.07) is 5.10. The van der Waals surface area contributed by atoms with Crippen LogP contribution in [0.1, 0.15) is 24.5 Å². The summed E-state index contributed by atoms with van der Waals surface area (Å²) in [5.74, 6) is -0.638. The van der Waals surface area contributed by atoms with Gasteiger partial charge >= 0.3 is 5.97 Å². The van der Waals surface area contributed by atoms with Gasteiger partial charge in [-0.3, -0.25) is 4.79 Å². The Bertz CT molecular complexity index is 474. The number of methoxy groups -OCH3 is 1. The SMILES string of the molecule is COC(=O)[C@H](C)NC(=O)CCc1ccc(C)c(Cl)c1. The van der Waals surface area contributed by atoms with Crippen molar-refractivity contribution in [3.8, 4) is 0 Å².